The first-order valence-electron chi connectivity index (χ1n) is 5.81. The summed E-state index contributed by atoms with van der Waals surface area (Å²) < 4.78 is 5.52. The van der Waals surface area contributed by atoms with E-state index in [0.29, 0.717) is 6.61 Å². The lowest BCUT2D eigenvalue weighted by Gasteiger charge is -2.21. The maximum atomic E-state index is 5.52. The van der Waals surface area contributed by atoms with Gasteiger partial charge in [0.2, 0.25) is 0 Å². The van der Waals surface area contributed by atoms with Crippen molar-refractivity contribution in [2.75, 3.05) is 6.61 Å². The van der Waals surface area contributed by atoms with E-state index < -0.39 is 5.79 Å². The van der Waals surface area contributed by atoms with Crippen LogP contribution < -0.4 is 0 Å². The average Bonchev–Trinajstić information content (AvgIpc) is 2.50. The van der Waals surface area contributed by atoms with E-state index in [2.05, 4.69) is 6.58 Å². The molecule has 0 amide bonds. The Labute approximate surface area is 102 Å². The second-order valence-electron chi connectivity index (χ2n) is 4.60. The fourth-order valence-electron chi connectivity index (χ4n) is 1.73. The maximum absolute atomic E-state index is 5.52. The van der Waals surface area contributed by atoms with Crippen LogP contribution in [-0.4, -0.2) is 18.5 Å². The van der Waals surface area contributed by atoms with E-state index in [9.17, 15) is 0 Å². The lowest BCUT2D eigenvalue weighted by atomic mass is 10.0. The molecule has 0 aliphatic carbocycles. The summed E-state index contributed by atoms with van der Waals surface area (Å²) in [7, 11) is 0. The van der Waals surface area contributed by atoms with Gasteiger partial charge in [-0.25, -0.2) is 9.78 Å². The lowest BCUT2D eigenvalue weighted by molar-refractivity contribution is -0.411. The van der Waals surface area contributed by atoms with Crippen molar-refractivity contribution in [2.45, 2.75) is 32.2 Å². The summed E-state index contributed by atoms with van der Waals surface area (Å²) in [5.74, 6) is -0.689. The number of ether oxygens (including phenoxy) is 1. The first kappa shape index (κ1) is 12.3. The monoisotopic (exact) mass is 234 g/mol. The molecule has 1 aromatic carbocycles. The van der Waals surface area contributed by atoms with Gasteiger partial charge in [-0.15, -0.1) is 0 Å². The fraction of sp³-hybridized carbons (Fsp3) is 0.429. The normalized spacial score (nSPS) is 24.0. The van der Waals surface area contributed by atoms with Crippen LogP contribution in [0.25, 0.3) is 5.57 Å². The standard InChI is InChI=1S/C14H18O3/c1-11(12-7-5-4-6-8-12)13-9-10-15-14(2,3)17-16-13/h4-8,13H,1,9-10H2,2-3H3. The predicted molar refractivity (Wildman–Crippen MR) is 66.1 cm³/mol. The molecule has 0 N–H and O–H groups in total. The van der Waals surface area contributed by atoms with Crippen LogP contribution in [0.3, 0.4) is 0 Å². The molecule has 1 saturated heterocycles. The number of hydrogen-bond donors (Lipinski definition) is 0. The van der Waals surface area contributed by atoms with Gasteiger partial charge in [0, 0.05) is 6.42 Å². The third-order valence-corrected chi connectivity index (χ3v) is 2.73. The van der Waals surface area contributed by atoms with Crippen LogP contribution in [0.15, 0.2) is 36.9 Å². The number of benzene rings is 1. The van der Waals surface area contributed by atoms with Gasteiger partial charge in [0.1, 0.15) is 6.10 Å². The summed E-state index contributed by atoms with van der Waals surface area (Å²) in [5, 5.41) is 0. The zero-order valence-electron chi connectivity index (χ0n) is 10.3. The molecule has 1 aliphatic heterocycles. The predicted octanol–water partition coefficient (Wildman–Crippen LogP) is 3.17. The van der Waals surface area contributed by atoms with Crippen LogP contribution in [0, 0.1) is 0 Å². The van der Waals surface area contributed by atoms with Crippen LogP contribution in [0.2, 0.25) is 0 Å². The molecule has 1 atom stereocenters. The molecule has 0 radical (unpaired) electrons. The smallest absolute Gasteiger partial charge is 0.195 e. The van der Waals surface area contributed by atoms with E-state index in [1.54, 1.807) is 0 Å². The highest BCUT2D eigenvalue weighted by Gasteiger charge is 2.28. The van der Waals surface area contributed by atoms with Gasteiger partial charge in [-0.3, -0.25) is 0 Å². The van der Waals surface area contributed by atoms with E-state index >= 15 is 0 Å². The highest BCUT2D eigenvalue weighted by atomic mass is 17.2. The zero-order chi connectivity index (χ0) is 12.3. The highest BCUT2D eigenvalue weighted by molar-refractivity contribution is 5.66. The van der Waals surface area contributed by atoms with Crippen molar-refractivity contribution in [1.29, 1.82) is 0 Å². The molecular formula is C14H18O3. The molecule has 0 saturated carbocycles. The largest absolute Gasteiger partial charge is 0.348 e. The van der Waals surface area contributed by atoms with Crippen LogP contribution in [-0.2, 0) is 14.5 Å². The third kappa shape index (κ3) is 3.16. The number of hydrogen-bond acceptors (Lipinski definition) is 3. The molecule has 1 aromatic rings. The molecule has 3 nitrogen and oxygen atoms in total. The molecule has 3 heteroatoms. The molecule has 1 fully saturated rings. The minimum atomic E-state index is -0.689. The SMILES string of the molecule is C=C(c1ccccc1)C1CCOC(C)(C)OO1. The van der Waals surface area contributed by atoms with Gasteiger partial charge in [0.25, 0.3) is 0 Å². The molecule has 1 heterocycles. The minimum absolute atomic E-state index is 0.154. The number of rotatable bonds is 2. The Hall–Kier alpha value is -1.16. The topological polar surface area (TPSA) is 27.7 Å². The molecule has 2 rings (SSSR count). The summed E-state index contributed by atoms with van der Waals surface area (Å²) in [6.45, 7) is 8.35. The highest BCUT2D eigenvalue weighted by Crippen LogP contribution is 2.26. The molecule has 0 bridgehead atoms. The Bertz CT molecular complexity index is 384. The van der Waals surface area contributed by atoms with Gasteiger partial charge < -0.3 is 4.74 Å². The summed E-state index contributed by atoms with van der Waals surface area (Å²) in [6, 6.07) is 9.98. The quantitative estimate of drug-likeness (QED) is 0.736. The van der Waals surface area contributed by atoms with E-state index in [0.717, 1.165) is 17.6 Å². The second kappa shape index (κ2) is 5.00. The van der Waals surface area contributed by atoms with Gasteiger partial charge in [-0.05, 0) is 25.0 Å². The first-order chi connectivity index (χ1) is 8.08. The van der Waals surface area contributed by atoms with E-state index in [1.807, 2.05) is 44.2 Å². The summed E-state index contributed by atoms with van der Waals surface area (Å²) >= 11 is 0. The van der Waals surface area contributed by atoms with Gasteiger partial charge in [0.15, 0.2) is 5.79 Å². The Kier molecular flexibility index (Phi) is 3.62. The maximum Gasteiger partial charge on any atom is 0.195 e. The summed E-state index contributed by atoms with van der Waals surface area (Å²) in [4.78, 5) is 10.7. The Morgan fingerprint density at radius 3 is 2.71 bits per heavy atom. The Morgan fingerprint density at radius 1 is 1.29 bits per heavy atom. The van der Waals surface area contributed by atoms with Crippen molar-refractivity contribution in [2.24, 2.45) is 0 Å². The van der Waals surface area contributed by atoms with E-state index in [-0.39, 0.29) is 6.10 Å². The lowest BCUT2D eigenvalue weighted by Crippen LogP contribution is -2.27. The summed E-state index contributed by atoms with van der Waals surface area (Å²) in [6.07, 6.45) is 0.594. The Balaban J connectivity index is 2.06. The minimum Gasteiger partial charge on any atom is -0.348 e. The van der Waals surface area contributed by atoms with Crippen molar-refractivity contribution < 1.29 is 14.5 Å². The molecule has 1 unspecified atom stereocenters. The molecular weight excluding hydrogens is 216 g/mol. The molecule has 92 valence electrons. The van der Waals surface area contributed by atoms with E-state index in [1.165, 1.54) is 0 Å². The van der Waals surface area contributed by atoms with Crippen molar-refractivity contribution in [1.82, 2.24) is 0 Å². The van der Waals surface area contributed by atoms with Crippen molar-refractivity contribution in [3.05, 3.63) is 42.5 Å². The van der Waals surface area contributed by atoms with Crippen LogP contribution >= 0.6 is 0 Å². The molecule has 0 aromatic heterocycles. The third-order valence-electron chi connectivity index (χ3n) is 2.73. The fourth-order valence-corrected chi connectivity index (χ4v) is 1.73. The Morgan fingerprint density at radius 2 is 2.00 bits per heavy atom. The molecule has 17 heavy (non-hydrogen) atoms. The van der Waals surface area contributed by atoms with Crippen LogP contribution in [0.4, 0.5) is 0 Å². The van der Waals surface area contributed by atoms with Crippen molar-refractivity contribution in [3.8, 4) is 0 Å². The van der Waals surface area contributed by atoms with E-state index in [4.69, 9.17) is 14.5 Å². The first-order valence-corrected chi connectivity index (χ1v) is 5.81. The molecule has 0 spiro atoms. The molecule has 1 aliphatic rings. The van der Waals surface area contributed by atoms with Gasteiger partial charge >= 0.3 is 0 Å². The van der Waals surface area contributed by atoms with Crippen molar-refractivity contribution in [3.63, 3.8) is 0 Å². The van der Waals surface area contributed by atoms with Gasteiger partial charge in [-0.2, -0.15) is 0 Å². The average molecular weight is 234 g/mol. The van der Waals surface area contributed by atoms with Crippen LogP contribution in [0.5, 0.6) is 0 Å². The van der Waals surface area contributed by atoms with Gasteiger partial charge in [-0.1, -0.05) is 36.9 Å². The summed E-state index contributed by atoms with van der Waals surface area (Å²) in [5.41, 5.74) is 1.99. The zero-order valence-corrected chi connectivity index (χ0v) is 10.3. The van der Waals surface area contributed by atoms with Crippen molar-refractivity contribution >= 4 is 5.57 Å². The van der Waals surface area contributed by atoms with Crippen LogP contribution in [0.1, 0.15) is 25.8 Å². The second-order valence-corrected chi connectivity index (χ2v) is 4.60. The van der Waals surface area contributed by atoms with Gasteiger partial charge in [0.05, 0.1) is 6.61 Å².